The summed E-state index contributed by atoms with van der Waals surface area (Å²) in [5.74, 6) is -0.416. The van der Waals surface area contributed by atoms with Gasteiger partial charge in [0, 0.05) is 20.9 Å². The molecular weight excluding hydrogens is 394 g/mol. The van der Waals surface area contributed by atoms with Crippen LogP contribution in [0.5, 0.6) is 0 Å². The Balaban J connectivity index is 1.48. The number of carbonyl (C=O) groups excluding carboxylic acids is 1. The number of aromatic nitrogens is 2. The molecule has 4 aromatic rings. The number of thiophene rings is 1. The molecule has 0 radical (unpaired) electrons. The van der Waals surface area contributed by atoms with Crippen LogP contribution in [0, 0.1) is 0 Å². The van der Waals surface area contributed by atoms with Crippen LogP contribution in [0.1, 0.15) is 4.88 Å². The van der Waals surface area contributed by atoms with Crippen molar-refractivity contribution in [3.05, 3.63) is 93.3 Å². The number of amides is 1. The van der Waals surface area contributed by atoms with E-state index in [1.165, 1.54) is 12.4 Å². The zero-order valence-corrected chi connectivity index (χ0v) is 16.1. The third-order valence-electron chi connectivity index (χ3n) is 4.05. The number of nitrogens with zero attached hydrogens (tertiary/aromatic N) is 2. The zero-order valence-electron chi connectivity index (χ0n) is 14.5. The highest BCUT2D eigenvalue weighted by Crippen LogP contribution is 2.29. The van der Waals surface area contributed by atoms with E-state index in [0.29, 0.717) is 15.9 Å². The smallest absolute Gasteiger partial charge is 0.268 e. The topological polar surface area (TPSA) is 64.0 Å². The van der Waals surface area contributed by atoms with E-state index >= 15 is 0 Å². The van der Waals surface area contributed by atoms with Gasteiger partial charge in [0.15, 0.2) is 0 Å². The molecule has 28 heavy (non-hydrogen) atoms. The van der Waals surface area contributed by atoms with E-state index in [1.54, 1.807) is 41.7 Å². The molecule has 4 rings (SSSR count). The summed E-state index contributed by atoms with van der Waals surface area (Å²) in [6, 6.07) is 18.5. The van der Waals surface area contributed by atoms with Crippen molar-refractivity contribution >= 4 is 45.8 Å². The third-order valence-corrected chi connectivity index (χ3v) is 5.40. The van der Waals surface area contributed by atoms with Crippen molar-refractivity contribution in [1.29, 1.82) is 0 Å². The van der Waals surface area contributed by atoms with Crippen LogP contribution in [0.15, 0.2) is 77.9 Å². The number of halogens is 1. The third kappa shape index (κ3) is 3.88. The molecule has 2 aromatic heterocycles. The fourth-order valence-electron chi connectivity index (χ4n) is 2.67. The minimum Gasteiger partial charge on any atom is -0.268 e. The van der Waals surface area contributed by atoms with Crippen LogP contribution in [0.4, 0.5) is 0 Å². The molecule has 138 valence electrons. The van der Waals surface area contributed by atoms with Gasteiger partial charge in [-0.15, -0.1) is 11.3 Å². The SMILES string of the molecule is O=C(C=Cc1ccc(-c2ccc(Cl)cc2)s1)Nn1cnc2ccccc2c1=O. The minimum absolute atomic E-state index is 0.325. The fraction of sp³-hybridized carbons (Fsp3) is 0. The maximum atomic E-state index is 12.4. The maximum Gasteiger partial charge on any atom is 0.280 e. The van der Waals surface area contributed by atoms with E-state index in [-0.39, 0.29) is 5.56 Å². The standard InChI is InChI=1S/C21H14ClN3O2S/c22-15-7-5-14(6-8-15)19-11-9-16(28-19)10-12-20(26)24-25-13-23-18-4-2-1-3-17(18)21(25)27/h1-13H,(H,24,26). The van der Waals surface area contributed by atoms with Gasteiger partial charge in [-0.1, -0.05) is 35.9 Å². The van der Waals surface area contributed by atoms with Crippen molar-refractivity contribution in [1.82, 2.24) is 9.66 Å². The summed E-state index contributed by atoms with van der Waals surface area (Å²) in [4.78, 5) is 30.8. The molecule has 1 N–H and O–H groups in total. The van der Waals surface area contributed by atoms with Crippen LogP contribution < -0.4 is 11.0 Å². The largest absolute Gasteiger partial charge is 0.280 e. The number of hydrogen-bond donors (Lipinski definition) is 1. The van der Waals surface area contributed by atoms with Gasteiger partial charge in [0.2, 0.25) is 0 Å². The van der Waals surface area contributed by atoms with Crippen molar-refractivity contribution in [3.63, 3.8) is 0 Å². The zero-order chi connectivity index (χ0) is 19.5. The molecule has 7 heteroatoms. The summed E-state index contributed by atoms with van der Waals surface area (Å²) in [5.41, 5.74) is 3.85. The lowest BCUT2D eigenvalue weighted by atomic mass is 10.2. The van der Waals surface area contributed by atoms with Gasteiger partial charge in [-0.25, -0.2) is 9.66 Å². The normalized spacial score (nSPS) is 11.2. The Morgan fingerprint density at radius 2 is 1.86 bits per heavy atom. The predicted molar refractivity (Wildman–Crippen MR) is 114 cm³/mol. The van der Waals surface area contributed by atoms with Crippen LogP contribution >= 0.6 is 22.9 Å². The van der Waals surface area contributed by atoms with Gasteiger partial charge in [-0.3, -0.25) is 15.0 Å². The molecule has 0 bridgehead atoms. The molecule has 0 unspecified atom stereocenters. The lowest BCUT2D eigenvalue weighted by Gasteiger charge is -2.06. The molecule has 0 saturated carbocycles. The molecular formula is C21H14ClN3O2S. The quantitative estimate of drug-likeness (QED) is 0.504. The molecule has 0 aliphatic carbocycles. The van der Waals surface area contributed by atoms with Crippen molar-refractivity contribution in [2.24, 2.45) is 0 Å². The molecule has 0 aliphatic heterocycles. The molecule has 0 saturated heterocycles. The van der Waals surface area contributed by atoms with Crippen molar-refractivity contribution < 1.29 is 4.79 Å². The van der Waals surface area contributed by atoms with E-state index < -0.39 is 5.91 Å². The Labute approximate surface area is 169 Å². The Morgan fingerprint density at radius 3 is 2.68 bits per heavy atom. The van der Waals surface area contributed by atoms with Crippen LogP contribution in [0.25, 0.3) is 27.4 Å². The Kier molecular flexibility index (Phi) is 5.06. The minimum atomic E-state index is -0.416. The number of fused-ring (bicyclic) bond motifs is 1. The first-order valence-electron chi connectivity index (χ1n) is 8.41. The van der Waals surface area contributed by atoms with Gasteiger partial charge < -0.3 is 0 Å². The van der Waals surface area contributed by atoms with Crippen LogP contribution in [-0.4, -0.2) is 15.6 Å². The van der Waals surface area contributed by atoms with E-state index in [9.17, 15) is 9.59 Å². The number of carbonyl (C=O) groups is 1. The molecule has 2 aromatic carbocycles. The number of nitrogens with one attached hydrogen (secondary N) is 1. The van der Waals surface area contributed by atoms with Crippen molar-refractivity contribution in [3.8, 4) is 10.4 Å². The summed E-state index contributed by atoms with van der Waals surface area (Å²) in [6.45, 7) is 0. The van der Waals surface area contributed by atoms with Crippen LogP contribution in [0.3, 0.4) is 0 Å². The number of para-hydroxylation sites is 1. The van der Waals surface area contributed by atoms with E-state index in [1.807, 2.05) is 36.4 Å². The highest BCUT2D eigenvalue weighted by molar-refractivity contribution is 7.16. The van der Waals surface area contributed by atoms with E-state index in [2.05, 4.69) is 10.4 Å². The van der Waals surface area contributed by atoms with Gasteiger partial charge in [0.25, 0.3) is 11.5 Å². The van der Waals surface area contributed by atoms with Gasteiger partial charge in [0.1, 0.15) is 6.33 Å². The highest BCUT2D eigenvalue weighted by atomic mass is 35.5. The second kappa shape index (κ2) is 7.80. The summed E-state index contributed by atoms with van der Waals surface area (Å²) < 4.78 is 1.09. The molecule has 0 atom stereocenters. The average Bonchev–Trinajstić information content (AvgIpc) is 3.18. The Hall–Kier alpha value is -3.22. The first-order valence-corrected chi connectivity index (χ1v) is 9.61. The molecule has 1 amide bonds. The van der Waals surface area contributed by atoms with Crippen LogP contribution in [0.2, 0.25) is 5.02 Å². The fourth-order valence-corrected chi connectivity index (χ4v) is 3.72. The van der Waals surface area contributed by atoms with Crippen molar-refractivity contribution in [2.45, 2.75) is 0 Å². The lowest BCUT2D eigenvalue weighted by Crippen LogP contribution is -2.32. The van der Waals surface area contributed by atoms with Gasteiger partial charge >= 0.3 is 0 Å². The second-order valence-corrected chi connectivity index (χ2v) is 7.51. The van der Waals surface area contributed by atoms with Gasteiger partial charge in [-0.2, -0.15) is 0 Å². The maximum absolute atomic E-state index is 12.4. The Bertz CT molecular complexity index is 1240. The van der Waals surface area contributed by atoms with E-state index in [0.717, 1.165) is 20.0 Å². The summed E-state index contributed by atoms with van der Waals surface area (Å²) in [7, 11) is 0. The molecule has 0 spiro atoms. The van der Waals surface area contributed by atoms with Crippen molar-refractivity contribution in [2.75, 3.05) is 5.43 Å². The predicted octanol–water partition coefficient (Wildman–Crippen LogP) is 4.56. The van der Waals surface area contributed by atoms with Crippen LogP contribution in [-0.2, 0) is 4.79 Å². The summed E-state index contributed by atoms with van der Waals surface area (Å²) in [6.07, 6.45) is 4.40. The molecule has 0 fully saturated rings. The summed E-state index contributed by atoms with van der Waals surface area (Å²) >= 11 is 7.47. The first-order chi connectivity index (χ1) is 13.6. The number of hydrogen-bond acceptors (Lipinski definition) is 4. The second-order valence-electron chi connectivity index (χ2n) is 5.96. The van der Waals surface area contributed by atoms with E-state index in [4.69, 9.17) is 11.6 Å². The summed E-state index contributed by atoms with van der Waals surface area (Å²) in [5, 5.41) is 1.13. The Morgan fingerprint density at radius 1 is 1.07 bits per heavy atom. The number of rotatable bonds is 4. The molecule has 0 aliphatic rings. The van der Waals surface area contributed by atoms with Gasteiger partial charge in [-0.05, 0) is 48.0 Å². The number of benzene rings is 2. The first kappa shape index (κ1) is 18.2. The lowest BCUT2D eigenvalue weighted by molar-refractivity contribution is -0.112. The average molecular weight is 408 g/mol. The molecule has 5 nitrogen and oxygen atoms in total. The highest BCUT2D eigenvalue weighted by Gasteiger charge is 2.06. The molecule has 2 heterocycles. The van der Waals surface area contributed by atoms with Gasteiger partial charge in [0.05, 0.1) is 10.9 Å². The monoisotopic (exact) mass is 407 g/mol.